The molecule has 0 amide bonds. The van der Waals surface area contributed by atoms with E-state index in [9.17, 15) is 19.8 Å². The number of hydrogen-bond acceptors (Lipinski definition) is 5. The van der Waals surface area contributed by atoms with Crippen LogP contribution in [0.3, 0.4) is 0 Å². The van der Waals surface area contributed by atoms with Crippen LogP contribution in [0.5, 0.6) is 5.75 Å². The third-order valence-corrected chi connectivity index (χ3v) is 8.47. The third kappa shape index (κ3) is 5.20. The van der Waals surface area contributed by atoms with E-state index in [1.54, 1.807) is 24.3 Å². The van der Waals surface area contributed by atoms with Gasteiger partial charge in [-0.15, -0.1) is 0 Å². The second-order valence-corrected chi connectivity index (χ2v) is 10.8. The molecule has 0 heterocycles. The highest BCUT2D eigenvalue weighted by Gasteiger charge is 2.61. The average molecular weight is 467 g/mol. The van der Waals surface area contributed by atoms with E-state index in [0.29, 0.717) is 19.3 Å². The smallest absolute Gasteiger partial charge is 0.338 e. The summed E-state index contributed by atoms with van der Waals surface area (Å²) in [6.45, 7) is 13.9. The van der Waals surface area contributed by atoms with Gasteiger partial charge in [-0.3, -0.25) is 4.79 Å². The Balaban J connectivity index is 1.78. The van der Waals surface area contributed by atoms with Gasteiger partial charge < -0.3 is 14.9 Å². The van der Waals surface area contributed by atoms with Gasteiger partial charge in [-0.1, -0.05) is 50.3 Å². The molecule has 2 saturated carbocycles. The highest BCUT2D eigenvalue weighted by atomic mass is 16.6. The minimum absolute atomic E-state index is 0.00738. The van der Waals surface area contributed by atoms with Crippen LogP contribution in [0, 0.1) is 22.7 Å². The van der Waals surface area contributed by atoms with E-state index in [4.69, 9.17) is 4.74 Å². The van der Waals surface area contributed by atoms with Crippen molar-refractivity contribution in [3.05, 3.63) is 60.7 Å². The number of phenolic OH excluding ortho intramolecular Hbond substituents is 1. The Bertz CT molecular complexity index is 973. The van der Waals surface area contributed by atoms with Crippen LogP contribution in [0.25, 0.3) is 6.08 Å². The van der Waals surface area contributed by atoms with Gasteiger partial charge in [0.1, 0.15) is 5.75 Å². The molecule has 0 unspecified atom stereocenters. The molecular formula is C29H38O5. The quantitative estimate of drug-likeness (QED) is 0.224. The summed E-state index contributed by atoms with van der Waals surface area (Å²) in [4.78, 5) is 25.8. The molecule has 5 atom stereocenters. The number of benzene rings is 1. The van der Waals surface area contributed by atoms with Crippen molar-refractivity contribution in [1.29, 1.82) is 0 Å². The van der Waals surface area contributed by atoms with Gasteiger partial charge in [0, 0.05) is 6.08 Å². The standard InChI is InChI=1S/C29H38O5/c1-6-20(2)8-14-24-27(3)17-7-18-28(4,23(27)16-19-29(24,5)33)26(32)34-25(31)15-11-21-9-12-22(30)13-10-21/h6,9-13,15,23-24,30,33H,1-2,7-8,14,16-19H2,3-5H3/b15-11-/t23-,24-,27+,28+,29-/m1/s1. The second-order valence-electron chi connectivity index (χ2n) is 10.8. The fourth-order valence-corrected chi connectivity index (χ4v) is 6.61. The molecule has 5 nitrogen and oxygen atoms in total. The van der Waals surface area contributed by atoms with Crippen LogP contribution in [0.2, 0.25) is 0 Å². The third-order valence-electron chi connectivity index (χ3n) is 8.47. The molecule has 0 saturated heterocycles. The fraction of sp³-hybridized carbons (Fsp3) is 0.517. The maximum absolute atomic E-state index is 13.4. The van der Waals surface area contributed by atoms with Crippen molar-refractivity contribution in [1.82, 2.24) is 0 Å². The number of hydrogen-bond donors (Lipinski definition) is 2. The van der Waals surface area contributed by atoms with Gasteiger partial charge in [-0.05, 0) is 93.4 Å². The van der Waals surface area contributed by atoms with E-state index in [1.807, 2.05) is 13.8 Å². The summed E-state index contributed by atoms with van der Waals surface area (Å²) < 4.78 is 5.33. The zero-order valence-electron chi connectivity index (χ0n) is 20.7. The SMILES string of the molecule is C=CC(=C)CC[C@@H]1[C@@]2(C)CCC[C@](C)(C(=O)OC(=O)/C=C\c3ccc(O)cc3)[C@@H]2CC[C@@]1(C)O. The van der Waals surface area contributed by atoms with Gasteiger partial charge in [0.15, 0.2) is 0 Å². The van der Waals surface area contributed by atoms with Gasteiger partial charge in [-0.25, -0.2) is 4.79 Å². The summed E-state index contributed by atoms with van der Waals surface area (Å²) in [7, 11) is 0. The molecule has 3 rings (SSSR count). The number of fused-ring (bicyclic) bond motifs is 1. The molecular weight excluding hydrogens is 428 g/mol. The van der Waals surface area contributed by atoms with E-state index in [0.717, 1.165) is 36.8 Å². The predicted molar refractivity (Wildman–Crippen MR) is 134 cm³/mol. The van der Waals surface area contributed by atoms with Crippen LogP contribution in [0.1, 0.15) is 71.3 Å². The number of carbonyl (C=O) groups is 2. The van der Waals surface area contributed by atoms with Crippen molar-refractivity contribution < 1.29 is 24.5 Å². The number of carbonyl (C=O) groups excluding carboxylic acids is 2. The minimum Gasteiger partial charge on any atom is -0.508 e. The highest BCUT2D eigenvalue weighted by molar-refractivity contribution is 5.96. The second kappa shape index (κ2) is 9.91. The van der Waals surface area contributed by atoms with E-state index < -0.39 is 23.0 Å². The lowest BCUT2D eigenvalue weighted by Gasteiger charge is -2.61. The van der Waals surface area contributed by atoms with Crippen LogP contribution in [-0.2, 0) is 14.3 Å². The highest BCUT2D eigenvalue weighted by Crippen LogP contribution is 2.63. The van der Waals surface area contributed by atoms with Gasteiger partial charge in [-0.2, -0.15) is 0 Å². The van der Waals surface area contributed by atoms with E-state index >= 15 is 0 Å². The molecule has 1 aromatic carbocycles. The lowest BCUT2D eigenvalue weighted by atomic mass is 9.44. The monoisotopic (exact) mass is 466 g/mol. The number of ether oxygens (including phenoxy) is 1. The van der Waals surface area contributed by atoms with Crippen molar-refractivity contribution >= 4 is 18.0 Å². The normalized spacial score (nSPS) is 33.2. The van der Waals surface area contributed by atoms with Gasteiger partial charge in [0.05, 0.1) is 11.0 Å². The van der Waals surface area contributed by atoms with Crippen LogP contribution in [-0.4, -0.2) is 27.8 Å². The van der Waals surface area contributed by atoms with Crippen molar-refractivity contribution in [2.24, 2.45) is 22.7 Å². The van der Waals surface area contributed by atoms with Crippen molar-refractivity contribution in [3.63, 3.8) is 0 Å². The summed E-state index contributed by atoms with van der Waals surface area (Å²) >= 11 is 0. The van der Waals surface area contributed by atoms with Crippen LogP contribution in [0.15, 0.2) is 55.1 Å². The predicted octanol–water partition coefficient (Wildman–Crippen LogP) is 5.97. The number of aromatic hydroxyl groups is 1. The van der Waals surface area contributed by atoms with E-state index in [-0.39, 0.29) is 23.0 Å². The first-order chi connectivity index (χ1) is 15.9. The van der Waals surface area contributed by atoms with E-state index in [2.05, 4.69) is 20.1 Å². The summed E-state index contributed by atoms with van der Waals surface area (Å²) in [5.74, 6) is -1.03. The van der Waals surface area contributed by atoms with Crippen LogP contribution < -0.4 is 0 Å². The first kappa shape index (κ1) is 26.0. The lowest BCUT2D eigenvalue weighted by molar-refractivity contribution is -0.195. The molecule has 184 valence electrons. The molecule has 2 aliphatic carbocycles. The molecule has 0 radical (unpaired) electrons. The first-order valence-corrected chi connectivity index (χ1v) is 12.2. The largest absolute Gasteiger partial charge is 0.508 e. The van der Waals surface area contributed by atoms with Gasteiger partial charge in [0.2, 0.25) is 0 Å². The molecule has 0 aromatic heterocycles. The van der Waals surface area contributed by atoms with Gasteiger partial charge >= 0.3 is 11.9 Å². The average Bonchev–Trinajstić information content (AvgIpc) is 2.77. The van der Waals surface area contributed by atoms with Crippen LogP contribution >= 0.6 is 0 Å². The van der Waals surface area contributed by atoms with Crippen molar-refractivity contribution in [2.75, 3.05) is 0 Å². The van der Waals surface area contributed by atoms with Crippen molar-refractivity contribution in [2.45, 2.75) is 71.3 Å². The Labute approximate surface area is 203 Å². The minimum atomic E-state index is -0.822. The molecule has 2 N–H and O–H groups in total. The Kier molecular flexibility index (Phi) is 7.56. The Morgan fingerprint density at radius 2 is 1.82 bits per heavy atom. The molecule has 2 fully saturated rings. The molecule has 0 bridgehead atoms. The Morgan fingerprint density at radius 3 is 2.47 bits per heavy atom. The first-order valence-electron chi connectivity index (χ1n) is 12.2. The molecule has 0 aliphatic heterocycles. The van der Waals surface area contributed by atoms with Crippen molar-refractivity contribution in [3.8, 4) is 5.75 Å². The summed E-state index contributed by atoms with van der Waals surface area (Å²) in [6, 6.07) is 6.39. The molecule has 5 heteroatoms. The summed E-state index contributed by atoms with van der Waals surface area (Å²) in [5, 5.41) is 20.7. The number of phenols is 1. The van der Waals surface area contributed by atoms with Crippen LogP contribution in [0.4, 0.5) is 0 Å². The number of rotatable bonds is 7. The van der Waals surface area contributed by atoms with Gasteiger partial charge in [0.25, 0.3) is 0 Å². The molecule has 2 aliphatic rings. The Morgan fingerprint density at radius 1 is 1.15 bits per heavy atom. The summed E-state index contributed by atoms with van der Waals surface area (Å²) in [5.41, 5.74) is -0.195. The topological polar surface area (TPSA) is 83.8 Å². The number of allylic oxidation sites excluding steroid dienone is 2. The molecule has 0 spiro atoms. The zero-order chi connectivity index (χ0) is 25.1. The maximum atomic E-state index is 13.4. The fourth-order valence-electron chi connectivity index (χ4n) is 6.61. The number of esters is 2. The molecule has 34 heavy (non-hydrogen) atoms. The zero-order valence-corrected chi connectivity index (χ0v) is 20.7. The molecule has 1 aromatic rings. The maximum Gasteiger partial charge on any atom is 0.338 e. The van der Waals surface area contributed by atoms with E-state index in [1.165, 1.54) is 18.2 Å². The summed E-state index contributed by atoms with van der Waals surface area (Å²) in [6.07, 6.45) is 9.85. The number of aliphatic hydroxyl groups is 1. The Hall–Kier alpha value is -2.66. The lowest BCUT2D eigenvalue weighted by Crippen LogP contribution is -2.60.